The number of nitrogens with one attached hydrogen (secondary N) is 2. The summed E-state index contributed by atoms with van der Waals surface area (Å²) in [4.78, 5) is 26.5. The molecule has 2 N–H and O–H groups in total. The molecule has 0 aromatic heterocycles. The number of carbonyl (C=O) groups is 2. The van der Waals surface area contributed by atoms with E-state index in [1.807, 2.05) is 31.2 Å². The molecule has 1 saturated carbocycles. The zero-order chi connectivity index (χ0) is 17.3. The number of hydrogen-bond acceptors (Lipinski definition) is 3. The van der Waals surface area contributed by atoms with Gasteiger partial charge in [0.25, 0.3) is 0 Å². The van der Waals surface area contributed by atoms with Crippen molar-refractivity contribution >= 4 is 23.2 Å². The molecule has 5 nitrogen and oxygen atoms in total. The highest BCUT2D eigenvalue weighted by atomic mass is 16.2. The van der Waals surface area contributed by atoms with Crippen LogP contribution in [0.25, 0.3) is 0 Å². The van der Waals surface area contributed by atoms with E-state index in [0.29, 0.717) is 23.6 Å². The van der Waals surface area contributed by atoms with Gasteiger partial charge < -0.3 is 10.6 Å². The summed E-state index contributed by atoms with van der Waals surface area (Å²) in [5, 5.41) is 6.34. The lowest BCUT2D eigenvalue weighted by molar-refractivity contribution is -0.123. The van der Waals surface area contributed by atoms with Gasteiger partial charge in [0, 0.05) is 6.04 Å². The van der Waals surface area contributed by atoms with Crippen molar-refractivity contribution in [3.8, 4) is 0 Å². The second-order valence-electron chi connectivity index (χ2n) is 7.25. The Labute approximate surface area is 143 Å². The summed E-state index contributed by atoms with van der Waals surface area (Å²) in [6, 6.07) is 7.52. The van der Waals surface area contributed by atoms with E-state index >= 15 is 0 Å². The molecule has 1 aliphatic heterocycles. The summed E-state index contributed by atoms with van der Waals surface area (Å²) in [5.74, 6) is 1.06. The molecule has 3 rings (SSSR count). The zero-order valence-electron chi connectivity index (χ0n) is 14.7. The second kappa shape index (κ2) is 6.93. The summed E-state index contributed by atoms with van der Waals surface area (Å²) in [7, 11) is 0. The Morgan fingerprint density at radius 1 is 1.29 bits per heavy atom. The number of anilines is 2. The van der Waals surface area contributed by atoms with Crippen LogP contribution in [0.3, 0.4) is 0 Å². The van der Waals surface area contributed by atoms with Crippen molar-refractivity contribution in [2.45, 2.75) is 52.1 Å². The summed E-state index contributed by atoms with van der Waals surface area (Å²) in [6.45, 7) is 6.54. The lowest BCUT2D eigenvalue weighted by Gasteiger charge is -2.37. The Hall–Kier alpha value is -1.88. The van der Waals surface area contributed by atoms with Gasteiger partial charge in [-0.05, 0) is 37.3 Å². The molecule has 0 unspecified atom stereocenters. The average Bonchev–Trinajstić information content (AvgIpc) is 2.57. The van der Waals surface area contributed by atoms with Crippen molar-refractivity contribution in [2.24, 2.45) is 11.8 Å². The molecular weight excluding hydrogens is 302 g/mol. The highest BCUT2D eigenvalue weighted by Gasteiger charge is 2.33. The molecule has 2 aliphatic rings. The van der Waals surface area contributed by atoms with Gasteiger partial charge in [0.1, 0.15) is 6.54 Å². The van der Waals surface area contributed by atoms with E-state index < -0.39 is 0 Å². The number of para-hydroxylation sites is 2. The van der Waals surface area contributed by atoms with Crippen LogP contribution in [0, 0.1) is 11.8 Å². The summed E-state index contributed by atoms with van der Waals surface area (Å²) < 4.78 is 0. The molecule has 5 heteroatoms. The lowest BCUT2D eigenvalue weighted by Crippen LogP contribution is -2.54. The predicted octanol–water partition coefficient (Wildman–Crippen LogP) is 2.77. The molecule has 4 atom stereocenters. The van der Waals surface area contributed by atoms with Gasteiger partial charge in [-0.1, -0.05) is 38.8 Å². The highest BCUT2D eigenvalue weighted by Crippen LogP contribution is 2.31. The first-order valence-corrected chi connectivity index (χ1v) is 8.93. The second-order valence-corrected chi connectivity index (χ2v) is 7.25. The van der Waals surface area contributed by atoms with Crippen LogP contribution in [0.1, 0.15) is 40.0 Å². The Morgan fingerprint density at radius 3 is 2.83 bits per heavy atom. The number of nitrogens with zero attached hydrogens (tertiary/aromatic N) is 1. The van der Waals surface area contributed by atoms with Crippen LogP contribution in [0.4, 0.5) is 11.4 Å². The molecule has 130 valence electrons. The van der Waals surface area contributed by atoms with Crippen LogP contribution >= 0.6 is 0 Å². The van der Waals surface area contributed by atoms with Crippen LogP contribution in [-0.4, -0.2) is 30.4 Å². The van der Waals surface area contributed by atoms with Gasteiger partial charge in [-0.3, -0.25) is 14.5 Å². The quantitative estimate of drug-likeness (QED) is 0.896. The maximum Gasteiger partial charge on any atom is 0.244 e. The molecule has 1 aromatic carbocycles. The third-order valence-electron chi connectivity index (χ3n) is 5.58. The van der Waals surface area contributed by atoms with E-state index in [-0.39, 0.29) is 24.4 Å². The molecule has 0 saturated heterocycles. The van der Waals surface area contributed by atoms with Crippen LogP contribution in [0.5, 0.6) is 0 Å². The normalized spacial score (nSPS) is 28.0. The van der Waals surface area contributed by atoms with Crippen molar-refractivity contribution in [3.05, 3.63) is 24.3 Å². The van der Waals surface area contributed by atoms with Gasteiger partial charge in [-0.2, -0.15) is 0 Å². The Morgan fingerprint density at radius 2 is 2.04 bits per heavy atom. The standard InChI is InChI=1S/C19H27N3O2/c1-12-7-6-9-15(13(12)2)20-14(3)19(24)22-11-18(23)21-16-8-4-5-10-17(16)22/h4-5,8,10,12-15,20H,6-7,9,11H2,1-3H3,(H,21,23)/t12-,13-,14+,15+/m1/s1. The van der Waals surface area contributed by atoms with Crippen molar-refractivity contribution in [2.75, 3.05) is 16.8 Å². The van der Waals surface area contributed by atoms with E-state index in [9.17, 15) is 9.59 Å². The SMILES string of the molecule is C[C@@H]1[C@H](C)CCC[C@@H]1N[C@@H](C)C(=O)N1CC(=O)Nc2ccccc21. The van der Waals surface area contributed by atoms with E-state index in [2.05, 4.69) is 24.5 Å². The highest BCUT2D eigenvalue weighted by molar-refractivity contribution is 6.11. The van der Waals surface area contributed by atoms with Crippen molar-refractivity contribution in [3.63, 3.8) is 0 Å². The number of hydrogen-bond donors (Lipinski definition) is 2. The van der Waals surface area contributed by atoms with Crippen LogP contribution in [-0.2, 0) is 9.59 Å². The van der Waals surface area contributed by atoms with Crippen molar-refractivity contribution in [1.29, 1.82) is 0 Å². The fourth-order valence-corrected chi connectivity index (χ4v) is 3.87. The molecule has 1 fully saturated rings. The average molecular weight is 329 g/mol. The van der Waals surface area contributed by atoms with E-state index in [0.717, 1.165) is 12.1 Å². The number of rotatable bonds is 3. The molecule has 0 radical (unpaired) electrons. The van der Waals surface area contributed by atoms with Gasteiger partial charge in [-0.15, -0.1) is 0 Å². The molecule has 2 amide bonds. The van der Waals surface area contributed by atoms with Gasteiger partial charge >= 0.3 is 0 Å². The number of amides is 2. The van der Waals surface area contributed by atoms with Gasteiger partial charge in [0.2, 0.25) is 11.8 Å². The Kier molecular flexibility index (Phi) is 4.90. The minimum Gasteiger partial charge on any atom is -0.323 e. The number of benzene rings is 1. The molecular formula is C19H27N3O2. The third kappa shape index (κ3) is 3.31. The largest absolute Gasteiger partial charge is 0.323 e. The zero-order valence-corrected chi connectivity index (χ0v) is 14.7. The molecule has 1 aromatic rings. The minimum atomic E-state index is -0.304. The van der Waals surface area contributed by atoms with Crippen LogP contribution < -0.4 is 15.5 Å². The van der Waals surface area contributed by atoms with E-state index in [1.165, 1.54) is 12.8 Å². The van der Waals surface area contributed by atoms with Gasteiger partial charge in [0.05, 0.1) is 17.4 Å². The number of carbonyl (C=O) groups excluding carboxylic acids is 2. The van der Waals surface area contributed by atoms with E-state index in [4.69, 9.17) is 0 Å². The molecule has 24 heavy (non-hydrogen) atoms. The maximum atomic E-state index is 13.0. The smallest absolute Gasteiger partial charge is 0.244 e. The van der Waals surface area contributed by atoms with Gasteiger partial charge in [0.15, 0.2) is 0 Å². The van der Waals surface area contributed by atoms with Gasteiger partial charge in [-0.25, -0.2) is 0 Å². The molecule has 1 aliphatic carbocycles. The summed E-state index contributed by atoms with van der Waals surface area (Å²) in [5.41, 5.74) is 1.48. The fraction of sp³-hybridized carbons (Fsp3) is 0.579. The monoisotopic (exact) mass is 329 g/mol. The first-order valence-electron chi connectivity index (χ1n) is 8.93. The summed E-state index contributed by atoms with van der Waals surface area (Å²) >= 11 is 0. The fourth-order valence-electron chi connectivity index (χ4n) is 3.87. The van der Waals surface area contributed by atoms with Crippen molar-refractivity contribution in [1.82, 2.24) is 5.32 Å². The van der Waals surface area contributed by atoms with Crippen molar-refractivity contribution < 1.29 is 9.59 Å². The Balaban J connectivity index is 1.73. The van der Waals surface area contributed by atoms with E-state index in [1.54, 1.807) is 4.90 Å². The predicted molar refractivity (Wildman–Crippen MR) is 96.0 cm³/mol. The topological polar surface area (TPSA) is 61.4 Å². The van der Waals surface area contributed by atoms with Crippen LogP contribution in [0.2, 0.25) is 0 Å². The Bertz CT molecular complexity index is 631. The van der Waals surface area contributed by atoms with Crippen LogP contribution in [0.15, 0.2) is 24.3 Å². The number of fused-ring (bicyclic) bond motifs is 1. The first-order chi connectivity index (χ1) is 11.5. The third-order valence-corrected chi connectivity index (χ3v) is 5.58. The molecule has 0 spiro atoms. The minimum absolute atomic E-state index is 0.0391. The molecule has 0 bridgehead atoms. The summed E-state index contributed by atoms with van der Waals surface area (Å²) in [6.07, 6.45) is 3.58. The maximum absolute atomic E-state index is 13.0. The first kappa shape index (κ1) is 17.0. The lowest BCUT2D eigenvalue weighted by atomic mass is 9.78. The molecule has 1 heterocycles.